The van der Waals surface area contributed by atoms with E-state index in [1.807, 2.05) is 27.7 Å². The van der Waals surface area contributed by atoms with Crippen molar-refractivity contribution in [3.63, 3.8) is 0 Å². The number of hydrogen-bond donors (Lipinski definition) is 2. The summed E-state index contributed by atoms with van der Waals surface area (Å²) in [5.41, 5.74) is 0.882. The van der Waals surface area contributed by atoms with Crippen LogP contribution < -0.4 is 5.32 Å². The van der Waals surface area contributed by atoms with E-state index in [4.69, 9.17) is 9.52 Å². The van der Waals surface area contributed by atoms with E-state index in [0.29, 0.717) is 17.4 Å². The van der Waals surface area contributed by atoms with Crippen molar-refractivity contribution in [2.24, 2.45) is 0 Å². The molecule has 0 saturated heterocycles. The Kier molecular flexibility index (Phi) is 5.68. The average molecular weight is 272 g/mol. The van der Waals surface area contributed by atoms with Crippen LogP contribution in [0.5, 0.6) is 0 Å². The van der Waals surface area contributed by atoms with Gasteiger partial charge in [-0.25, -0.2) is 4.98 Å². The average Bonchev–Trinajstić information content (AvgIpc) is 2.56. The van der Waals surface area contributed by atoms with Gasteiger partial charge in [0.05, 0.1) is 5.69 Å². The normalized spacial score (nSPS) is 12.9. The van der Waals surface area contributed by atoms with E-state index < -0.39 is 12.0 Å². The fraction of sp³-hybridized carbons (Fsp3) is 0.667. The lowest BCUT2D eigenvalue weighted by Crippen LogP contribution is -2.41. The van der Waals surface area contributed by atoms with Crippen molar-refractivity contribution in [3.8, 4) is 0 Å². The molecule has 0 amide bonds. The zero-order valence-electron chi connectivity index (χ0n) is 11.2. The number of carboxylic acid groups (broad SMARTS) is 1. The molecule has 1 unspecified atom stereocenters. The minimum absolute atomic E-state index is 0.155. The summed E-state index contributed by atoms with van der Waals surface area (Å²) in [7, 11) is 0. The second kappa shape index (κ2) is 6.80. The maximum absolute atomic E-state index is 11.0. The quantitative estimate of drug-likeness (QED) is 0.741. The smallest absolute Gasteiger partial charge is 0.320 e. The van der Waals surface area contributed by atoms with E-state index >= 15 is 0 Å². The molecular weight excluding hydrogens is 252 g/mol. The van der Waals surface area contributed by atoms with Gasteiger partial charge < -0.3 is 14.8 Å². The summed E-state index contributed by atoms with van der Waals surface area (Å²) in [5, 5.41) is 12.7. The summed E-state index contributed by atoms with van der Waals surface area (Å²) in [6, 6.07) is -0.364. The van der Waals surface area contributed by atoms with Crippen molar-refractivity contribution in [2.75, 3.05) is 5.75 Å². The first-order valence-corrected chi connectivity index (χ1v) is 6.94. The highest BCUT2D eigenvalue weighted by molar-refractivity contribution is 7.99. The summed E-state index contributed by atoms with van der Waals surface area (Å²) in [4.78, 5) is 15.3. The number of carbonyl (C=O) groups is 1. The van der Waals surface area contributed by atoms with Gasteiger partial charge in [0.2, 0.25) is 0 Å². The second-order valence-electron chi connectivity index (χ2n) is 4.47. The van der Waals surface area contributed by atoms with Crippen molar-refractivity contribution in [1.29, 1.82) is 0 Å². The summed E-state index contributed by atoms with van der Waals surface area (Å²) in [6.45, 7) is 7.63. The van der Waals surface area contributed by atoms with Gasteiger partial charge in [-0.05, 0) is 20.3 Å². The third-order valence-electron chi connectivity index (χ3n) is 2.47. The zero-order chi connectivity index (χ0) is 13.7. The van der Waals surface area contributed by atoms with Crippen molar-refractivity contribution in [1.82, 2.24) is 10.3 Å². The zero-order valence-corrected chi connectivity index (χ0v) is 12.0. The van der Waals surface area contributed by atoms with Gasteiger partial charge in [-0.2, -0.15) is 0 Å². The van der Waals surface area contributed by atoms with Crippen LogP contribution >= 0.6 is 11.8 Å². The molecule has 0 bridgehead atoms. The molecule has 1 atom stereocenters. The number of carboxylic acids is 1. The van der Waals surface area contributed by atoms with Gasteiger partial charge in [0.1, 0.15) is 11.8 Å². The number of oxazole rings is 1. The molecule has 1 heterocycles. The van der Waals surface area contributed by atoms with Gasteiger partial charge in [-0.1, -0.05) is 25.6 Å². The van der Waals surface area contributed by atoms with Crippen molar-refractivity contribution in [2.45, 2.75) is 51.4 Å². The highest BCUT2D eigenvalue weighted by atomic mass is 32.2. The predicted molar refractivity (Wildman–Crippen MR) is 71.0 cm³/mol. The molecule has 0 radical (unpaired) electrons. The van der Waals surface area contributed by atoms with Crippen LogP contribution in [0.15, 0.2) is 9.64 Å². The molecule has 2 N–H and O–H groups in total. The molecule has 18 heavy (non-hydrogen) atoms. The summed E-state index contributed by atoms with van der Waals surface area (Å²) in [5.74, 6) is 0.660. The molecule has 6 heteroatoms. The lowest BCUT2D eigenvalue weighted by molar-refractivity contribution is -0.139. The van der Waals surface area contributed by atoms with Crippen molar-refractivity contribution < 1.29 is 14.3 Å². The number of aromatic nitrogens is 1. The van der Waals surface area contributed by atoms with Crippen LogP contribution in [0.2, 0.25) is 0 Å². The number of aryl methyl sites for hydroxylation is 2. The van der Waals surface area contributed by atoms with E-state index in [2.05, 4.69) is 10.3 Å². The standard InChI is InChI=1S/C12H20N2O3S/c1-7(2)13-10(11(15)16)5-6-18-12-14-8(3)9(4)17-12/h7,10,13H,5-6H2,1-4H3,(H,15,16). The summed E-state index contributed by atoms with van der Waals surface area (Å²) in [6.07, 6.45) is 0.540. The number of hydrogen-bond acceptors (Lipinski definition) is 5. The van der Waals surface area contributed by atoms with Gasteiger partial charge in [0, 0.05) is 11.8 Å². The van der Waals surface area contributed by atoms with Gasteiger partial charge in [-0.3, -0.25) is 4.79 Å². The van der Waals surface area contributed by atoms with E-state index in [1.54, 1.807) is 0 Å². The molecule has 0 aliphatic rings. The van der Waals surface area contributed by atoms with Crippen LogP contribution in [0.3, 0.4) is 0 Å². The van der Waals surface area contributed by atoms with Gasteiger partial charge in [0.25, 0.3) is 5.22 Å². The molecule has 102 valence electrons. The largest absolute Gasteiger partial charge is 0.480 e. The Morgan fingerprint density at radius 2 is 2.17 bits per heavy atom. The summed E-state index contributed by atoms with van der Waals surface area (Å²) < 4.78 is 5.42. The Balaban J connectivity index is 2.41. The number of nitrogens with one attached hydrogen (secondary N) is 1. The van der Waals surface area contributed by atoms with Crippen LogP contribution in [-0.4, -0.2) is 33.9 Å². The summed E-state index contributed by atoms with van der Waals surface area (Å²) >= 11 is 1.45. The highest BCUT2D eigenvalue weighted by Gasteiger charge is 2.18. The minimum Gasteiger partial charge on any atom is -0.480 e. The number of aliphatic carboxylic acids is 1. The second-order valence-corrected chi connectivity index (χ2v) is 5.52. The fourth-order valence-electron chi connectivity index (χ4n) is 1.45. The topological polar surface area (TPSA) is 75.4 Å². The Bertz CT molecular complexity index is 385. The molecule has 0 aliphatic heterocycles. The first-order chi connectivity index (χ1) is 8.40. The van der Waals surface area contributed by atoms with Crippen molar-refractivity contribution in [3.05, 3.63) is 11.5 Å². The minimum atomic E-state index is -0.816. The van der Waals surface area contributed by atoms with E-state index in [-0.39, 0.29) is 6.04 Å². The molecular formula is C12H20N2O3S. The van der Waals surface area contributed by atoms with Crippen LogP contribution in [-0.2, 0) is 4.79 Å². The Labute approximate surface area is 111 Å². The Hall–Kier alpha value is -1.01. The molecule has 0 saturated carbocycles. The molecule has 1 aromatic heterocycles. The first kappa shape index (κ1) is 15.0. The van der Waals surface area contributed by atoms with Crippen LogP contribution in [0.25, 0.3) is 0 Å². The van der Waals surface area contributed by atoms with Gasteiger partial charge >= 0.3 is 5.97 Å². The fourth-order valence-corrected chi connectivity index (χ4v) is 2.36. The monoisotopic (exact) mass is 272 g/mol. The first-order valence-electron chi connectivity index (χ1n) is 5.95. The van der Waals surface area contributed by atoms with Gasteiger partial charge in [-0.15, -0.1) is 0 Å². The molecule has 1 rings (SSSR count). The third kappa shape index (κ3) is 4.70. The van der Waals surface area contributed by atoms with Crippen LogP contribution in [0.4, 0.5) is 0 Å². The molecule has 5 nitrogen and oxygen atoms in total. The predicted octanol–water partition coefficient (Wildman–Crippen LogP) is 2.22. The SMILES string of the molecule is Cc1nc(SCCC(NC(C)C)C(=O)O)oc1C. The number of thioether (sulfide) groups is 1. The van der Waals surface area contributed by atoms with E-state index in [9.17, 15) is 4.79 Å². The number of nitrogens with zero attached hydrogens (tertiary/aromatic N) is 1. The Morgan fingerprint density at radius 3 is 2.61 bits per heavy atom. The lowest BCUT2D eigenvalue weighted by atomic mass is 10.2. The van der Waals surface area contributed by atoms with E-state index in [0.717, 1.165) is 11.5 Å². The maximum Gasteiger partial charge on any atom is 0.320 e. The molecule has 0 fully saturated rings. The molecule has 1 aromatic rings. The van der Waals surface area contributed by atoms with E-state index in [1.165, 1.54) is 11.8 Å². The highest BCUT2D eigenvalue weighted by Crippen LogP contribution is 2.21. The molecule has 0 spiro atoms. The third-order valence-corrected chi connectivity index (χ3v) is 3.33. The van der Waals surface area contributed by atoms with Crippen molar-refractivity contribution >= 4 is 17.7 Å². The lowest BCUT2D eigenvalue weighted by Gasteiger charge is -2.16. The van der Waals surface area contributed by atoms with Crippen LogP contribution in [0, 0.1) is 13.8 Å². The maximum atomic E-state index is 11.0. The van der Waals surface area contributed by atoms with Crippen LogP contribution in [0.1, 0.15) is 31.7 Å². The Morgan fingerprint density at radius 1 is 1.50 bits per heavy atom. The van der Waals surface area contributed by atoms with Gasteiger partial charge in [0.15, 0.2) is 0 Å². The molecule has 0 aromatic carbocycles. The molecule has 0 aliphatic carbocycles. The number of rotatable bonds is 7.